The molecule has 0 aromatic heterocycles. The van der Waals surface area contributed by atoms with Crippen LogP contribution in [0.1, 0.15) is 16.7 Å². The van der Waals surface area contributed by atoms with Crippen molar-refractivity contribution in [3.63, 3.8) is 0 Å². The van der Waals surface area contributed by atoms with Crippen LogP contribution in [0.2, 0.25) is 0 Å². The number of thioether (sulfide) groups is 1. The van der Waals surface area contributed by atoms with Gasteiger partial charge in [0.15, 0.2) is 5.17 Å². The van der Waals surface area contributed by atoms with Crippen LogP contribution < -0.4 is 0 Å². The van der Waals surface area contributed by atoms with E-state index in [1.807, 2.05) is 31.2 Å². The van der Waals surface area contributed by atoms with Gasteiger partial charge in [0, 0.05) is 12.6 Å². The number of nitrogens with zero attached hydrogens (tertiary/aromatic N) is 2. The first kappa shape index (κ1) is 16.3. The van der Waals surface area contributed by atoms with Crippen LogP contribution in [-0.2, 0) is 4.79 Å². The highest BCUT2D eigenvalue weighted by Crippen LogP contribution is 2.34. The van der Waals surface area contributed by atoms with Crippen molar-refractivity contribution in [2.24, 2.45) is 4.99 Å². The molecule has 0 radical (unpaired) electrons. The maximum Gasteiger partial charge on any atom is 0.266 e. The summed E-state index contributed by atoms with van der Waals surface area (Å²) in [5.74, 6) is 0.0337. The Morgan fingerprint density at radius 1 is 1.12 bits per heavy atom. The average molecular weight is 338 g/mol. The van der Waals surface area contributed by atoms with Crippen LogP contribution in [0.3, 0.4) is 0 Å². The molecule has 1 amide bonds. The third-order valence-electron chi connectivity index (χ3n) is 3.94. The number of hydrogen-bond donors (Lipinski definition) is 1. The van der Waals surface area contributed by atoms with Gasteiger partial charge in [-0.3, -0.25) is 9.69 Å². The number of aromatic hydroxyl groups is 1. The van der Waals surface area contributed by atoms with Crippen molar-refractivity contribution in [3.8, 4) is 5.75 Å². The fourth-order valence-corrected chi connectivity index (χ4v) is 3.29. The van der Waals surface area contributed by atoms with Gasteiger partial charge >= 0.3 is 0 Å². The van der Waals surface area contributed by atoms with Crippen LogP contribution in [0.15, 0.2) is 52.4 Å². The van der Waals surface area contributed by atoms with E-state index in [0.717, 1.165) is 5.69 Å². The number of benzene rings is 2. The van der Waals surface area contributed by atoms with Gasteiger partial charge in [-0.15, -0.1) is 0 Å². The number of likely N-dealkylation sites (N-methyl/N-ethyl adjacent to an activating group) is 1. The lowest BCUT2D eigenvalue weighted by Crippen LogP contribution is -2.23. The minimum absolute atomic E-state index is 0.120. The number of aliphatic imine (C=N–C) groups is 1. The molecule has 0 atom stereocenters. The summed E-state index contributed by atoms with van der Waals surface area (Å²) >= 11 is 1.31. The summed E-state index contributed by atoms with van der Waals surface area (Å²) in [5.41, 5.74) is 3.82. The van der Waals surface area contributed by atoms with Crippen LogP contribution in [0, 0.1) is 13.8 Å². The zero-order valence-corrected chi connectivity index (χ0v) is 14.6. The quantitative estimate of drug-likeness (QED) is 0.833. The third-order valence-corrected chi connectivity index (χ3v) is 5.00. The second-order valence-electron chi connectivity index (χ2n) is 5.70. The Bertz CT molecular complexity index is 871. The average Bonchev–Trinajstić information content (AvgIpc) is 2.81. The van der Waals surface area contributed by atoms with Gasteiger partial charge in [0.2, 0.25) is 0 Å². The molecule has 1 heterocycles. The summed E-state index contributed by atoms with van der Waals surface area (Å²) in [6.45, 7) is 4.10. The summed E-state index contributed by atoms with van der Waals surface area (Å²) in [4.78, 5) is 19.1. The number of para-hydroxylation sites is 1. The number of carbonyl (C=O) groups excluding carboxylic acids is 1. The van der Waals surface area contributed by atoms with Crippen molar-refractivity contribution in [2.75, 3.05) is 7.05 Å². The second kappa shape index (κ2) is 6.53. The van der Waals surface area contributed by atoms with E-state index in [-0.39, 0.29) is 11.7 Å². The molecular formula is C19H18N2O2S. The largest absolute Gasteiger partial charge is 0.507 e. The Morgan fingerprint density at radius 2 is 1.88 bits per heavy atom. The molecule has 5 heteroatoms. The molecular weight excluding hydrogens is 320 g/mol. The van der Waals surface area contributed by atoms with Crippen LogP contribution >= 0.6 is 11.8 Å². The Hall–Kier alpha value is -2.53. The van der Waals surface area contributed by atoms with Crippen molar-refractivity contribution >= 4 is 34.6 Å². The van der Waals surface area contributed by atoms with Crippen molar-refractivity contribution in [2.45, 2.75) is 13.8 Å². The van der Waals surface area contributed by atoms with Gasteiger partial charge in [0.25, 0.3) is 5.91 Å². The minimum atomic E-state index is -0.120. The second-order valence-corrected chi connectivity index (χ2v) is 6.71. The lowest BCUT2D eigenvalue weighted by atomic mass is 10.1. The Balaban J connectivity index is 1.93. The highest BCUT2D eigenvalue weighted by molar-refractivity contribution is 8.18. The summed E-state index contributed by atoms with van der Waals surface area (Å²) in [6, 6.07) is 12.9. The smallest absolute Gasteiger partial charge is 0.266 e. The van der Waals surface area contributed by atoms with Crippen LogP contribution in [0.5, 0.6) is 5.75 Å². The molecule has 122 valence electrons. The summed E-state index contributed by atoms with van der Waals surface area (Å²) in [7, 11) is 1.71. The number of rotatable bonds is 2. The summed E-state index contributed by atoms with van der Waals surface area (Å²) in [6.07, 6.45) is 1.70. The lowest BCUT2D eigenvalue weighted by Gasteiger charge is -2.08. The predicted octanol–water partition coefficient (Wildman–Crippen LogP) is 4.24. The number of amidine groups is 1. The number of carbonyl (C=O) groups is 1. The van der Waals surface area contributed by atoms with E-state index in [1.165, 1.54) is 27.8 Å². The van der Waals surface area contributed by atoms with Gasteiger partial charge in [-0.25, -0.2) is 4.99 Å². The van der Waals surface area contributed by atoms with E-state index in [1.54, 1.807) is 31.3 Å². The molecule has 1 aliphatic heterocycles. The van der Waals surface area contributed by atoms with Crippen molar-refractivity contribution in [3.05, 3.63) is 64.1 Å². The van der Waals surface area contributed by atoms with Gasteiger partial charge in [0.1, 0.15) is 5.75 Å². The van der Waals surface area contributed by atoms with Gasteiger partial charge in [-0.1, -0.05) is 24.3 Å². The highest BCUT2D eigenvalue weighted by atomic mass is 32.2. The molecule has 0 spiro atoms. The molecule has 1 fully saturated rings. The van der Waals surface area contributed by atoms with E-state index >= 15 is 0 Å². The van der Waals surface area contributed by atoms with E-state index < -0.39 is 0 Å². The third kappa shape index (κ3) is 3.21. The zero-order chi connectivity index (χ0) is 17.3. The van der Waals surface area contributed by atoms with E-state index in [9.17, 15) is 9.90 Å². The number of aryl methyl sites for hydroxylation is 2. The van der Waals surface area contributed by atoms with E-state index in [0.29, 0.717) is 15.6 Å². The minimum Gasteiger partial charge on any atom is -0.507 e. The zero-order valence-electron chi connectivity index (χ0n) is 13.8. The standard InChI is InChI=1S/C19H18N2O2S/c1-12-8-9-15(10-13(12)2)20-19-21(3)18(23)17(24-19)11-14-6-4-5-7-16(14)22/h4-11,22H,1-3H3/b17-11+,20-19?. The molecule has 0 bridgehead atoms. The van der Waals surface area contributed by atoms with Gasteiger partial charge < -0.3 is 5.11 Å². The van der Waals surface area contributed by atoms with Crippen LogP contribution in [0.25, 0.3) is 6.08 Å². The first-order valence-electron chi connectivity index (χ1n) is 7.57. The van der Waals surface area contributed by atoms with Crippen molar-refractivity contribution in [1.29, 1.82) is 0 Å². The number of phenolic OH excluding ortho intramolecular Hbond substituents is 1. The highest BCUT2D eigenvalue weighted by Gasteiger charge is 2.30. The van der Waals surface area contributed by atoms with Gasteiger partial charge in [0.05, 0.1) is 10.6 Å². The normalized spacial score (nSPS) is 18.0. The molecule has 2 aromatic rings. The van der Waals surface area contributed by atoms with E-state index in [4.69, 9.17) is 0 Å². The van der Waals surface area contributed by atoms with Crippen molar-refractivity contribution in [1.82, 2.24) is 4.90 Å². The molecule has 24 heavy (non-hydrogen) atoms. The summed E-state index contributed by atoms with van der Waals surface area (Å²) in [5, 5.41) is 10.5. The number of hydrogen-bond acceptors (Lipinski definition) is 4. The molecule has 1 saturated heterocycles. The first-order valence-corrected chi connectivity index (χ1v) is 8.39. The van der Waals surface area contributed by atoms with E-state index in [2.05, 4.69) is 11.9 Å². The Labute approximate surface area is 145 Å². The fourth-order valence-electron chi connectivity index (χ4n) is 2.31. The van der Waals surface area contributed by atoms with Crippen LogP contribution in [0.4, 0.5) is 5.69 Å². The lowest BCUT2D eigenvalue weighted by molar-refractivity contribution is -0.121. The predicted molar refractivity (Wildman–Crippen MR) is 99.5 cm³/mol. The number of phenols is 1. The molecule has 4 nitrogen and oxygen atoms in total. The Kier molecular flexibility index (Phi) is 4.44. The van der Waals surface area contributed by atoms with Gasteiger partial charge in [-0.2, -0.15) is 0 Å². The Morgan fingerprint density at radius 3 is 2.58 bits per heavy atom. The monoisotopic (exact) mass is 338 g/mol. The molecule has 0 unspecified atom stereocenters. The molecule has 1 aliphatic rings. The molecule has 0 saturated carbocycles. The molecule has 1 N–H and O–H groups in total. The van der Waals surface area contributed by atoms with Crippen molar-refractivity contribution < 1.29 is 9.90 Å². The molecule has 2 aromatic carbocycles. The maximum atomic E-state index is 12.4. The molecule has 0 aliphatic carbocycles. The first-order chi connectivity index (χ1) is 11.5. The van der Waals surface area contributed by atoms with Crippen LogP contribution in [-0.4, -0.2) is 28.1 Å². The molecule has 3 rings (SSSR count). The fraction of sp³-hybridized carbons (Fsp3) is 0.158. The maximum absolute atomic E-state index is 12.4. The number of amides is 1. The topological polar surface area (TPSA) is 52.9 Å². The summed E-state index contributed by atoms with van der Waals surface area (Å²) < 4.78 is 0. The SMILES string of the molecule is Cc1ccc(N=C2S/C(=C/c3ccccc3O)C(=O)N2C)cc1C. The van der Waals surface area contributed by atoms with Gasteiger partial charge in [-0.05, 0) is 61.0 Å².